The lowest BCUT2D eigenvalue weighted by Crippen LogP contribution is -2.37. The highest BCUT2D eigenvalue weighted by Crippen LogP contribution is 2.48. The number of carbonyl (C=O) groups excluding carboxylic acids is 1. The number of carbonyl (C=O) groups is 1. The molecule has 9 heteroatoms. The molecule has 21 heavy (non-hydrogen) atoms. The molecule has 1 saturated carbocycles. The monoisotopic (exact) mass is 321 g/mol. The minimum atomic E-state index is -4.67. The maximum absolute atomic E-state index is 12.9. The topological polar surface area (TPSA) is 87.7 Å². The van der Waals surface area contributed by atoms with Gasteiger partial charge in [0.15, 0.2) is 5.84 Å². The van der Waals surface area contributed by atoms with Crippen LogP contribution in [0.5, 0.6) is 0 Å². The molecule has 0 unspecified atom stereocenters. The molecule has 1 aromatic rings. The number of rotatable bonds is 3. The molecule has 1 aliphatic rings. The molecule has 0 heterocycles. The first-order chi connectivity index (χ1) is 9.72. The van der Waals surface area contributed by atoms with Crippen LogP contribution in [0, 0.1) is 5.41 Å². The average Bonchev–Trinajstić information content (AvgIpc) is 3.20. The molecule has 1 aromatic carbocycles. The van der Waals surface area contributed by atoms with E-state index < -0.39 is 28.7 Å². The number of anilines is 1. The first kappa shape index (κ1) is 15.4. The van der Waals surface area contributed by atoms with Crippen molar-refractivity contribution in [2.24, 2.45) is 16.3 Å². The van der Waals surface area contributed by atoms with Crippen molar-refractivity contribution >= 4 is 29.0 Å². The standard InChI is InChI=1S/C12H11ClF3N3O2/c13-7-3-1-2-6(12(14,15)16)8(7)18-10(20)11(4-5-11)9(17)19-21/h1-3,21H,4-5H2,(H2,17,19)(H,18,20). The van der Waals surface area contributed by atoms with Crippen molar-refractivity contribution in [3.63, 3.8) is 0 Å². The molecular formula is C12H11ClF3N3O2. The molecule has 0 radical (unpaired) electrons. The number of amides is 1. The van der Waals surface area contributed by atoms with Gasteiger partial charge in [0.2, 0.25) is 5.91 Å². The fraction of sp³-hybridized carbons (Fsp3) is 0.333. The van der Waals surface area contributed by atoms with E-state index in [1.54, 1.807) is 0 Å². The summed E-state index contributed by atoms with van der Waals surface area (Å²) < 4.78 is 38.8. The van der Waals surface area contributed by atoms with Crippen molar-refractivity contribution < 1.29 is 23.2 Å². The second-order valence-electron chi connectivity index (χ2n) is 4.68. The Labute approximate surface area is 122 Å². The number of nitrogens with one attached hydrogen (secondary N) is 1. The Morgan fingerprint density at radius 2 is 2.05 bits per heavy atom. The third-order valence-electron chi connectivity index (χ3n) is 3.34. The molecule has 0 aromatic heterocycles. The summed E-state index contributed by atoms with van der Waals surface area (Å²) in [6, 6.07) is 3.18. The van der Waals surface area contributed by atoms with Crippen LogP contribution in [0.2, 0.25) is 5.02 Å². The van der Waals surface area contributed by atoms with Crippen molar-refractivity contribution in [1.82, 2.24) is 0 Å². The van der Waals surface area contributed by atoms with Crippen LogP contribution in [0.3, 0.4) is 0 Å². The van der Waals surface area contributed by atoms with Crippen LogP contribution in [0.25, 0.3) is 0 Å². The zero-order chi connectivity index (χ0) is 15.8. The van der Waals surface area contributed by atoms with E-state index in [9.17, 15) is 18.0 Å². The van der Waals surface area contributed by atoms with Crippen LogP contribution in [0.15, 0.2) is 23.4 Å². The maximum Gasteiger partial charge on any atom is 0.418 e. The molecule has 2 rings (SSSR count). The van der Waals surface area contributed by atoms with Gasteiger partial charge in [0, 0.05) is 0 Å². The summed E-state index contributed by atoms with van der Waals surface area (Å²) >= 11 is 5.74. The molecule has 0 spiro atoms. The lowest BCUT2D eigenvalue weighted by atomic mass is 10.0. The zero-order valence-corrected chi connectivity index (χ0v) is 11.3. The van der Waals surface area contributed by atoms with E-state index >= 15 is 0 Å². The highest BCUT2D eigenvalue weighted by Gasteiger charge is 2.54. The Morgan fingerprint density at radius 1 is 1.43 bits per heavy atom. The van der Waals surface area contributed by atoms with Crippen molar-refractivity contribution in [2.45, 2.75) is 19.0 Å². The Hall–Kier alpha value is -1.96. The van der Waals surface area contributed by atoms with Gasteiger partial charge in [-0.15, -0.1) is 0 Å². The van der Waals surface area contributed by atoms with Crippen molar-refractivity contribution in [1.29, 1.82) is 0 Å². The van der Waals surface area contributed by atoms with Crippen LogP contribution < -0.4 is 11.1 Å². The van der Waals surface area contributed by atoms with E-state index in [4.69, 9.17) is 22.5 Å². The van der Waals surface area contributed by atoms with E-state index in [0.29, 0.717) is 12.8 Å². The molecule has 4 N–H and O–H groups in total. The summed E-state index contributed by atoms with van der Waals surface area (Å²) in [6.45, 7) is 0. The second kappa shape index (κ2) is 5.10. The highest BCUT2D eigenvalue weighted by atomic mass is 35.5. The van der Waals surface area contributed by atoms with Crippen LogP contribution in [-0.4, -0.2) is 17.0 Å². The van der Waals surface area contributed by atoms with Gasteiger partial charge in [0.1, 0.15) is 5.41 Å². The third kappa shape index (κ3) is 2.76. The van der Waals surface area contributed by atoms with Crippen molar-refractivity contribution in [3.8, 4) is 0 Å². The van der Waals surface area contributed by atoms with Gasteiger partial charge in [-0.25, -0.2) is 0 Å². The molecule has 114 valence electrons. The van der Waals surface area contributed by atoms with Gasteiger partial charge >= 0.3 is 6.18 Å². The van der Waals surface area contributed by atoms with E-state index in [0.717, 1.165) is 12.1 Å². The first-order valence-electron chi connectivity index (χ1n) is 5.87. The Bertz CT molecular complexity index is 612. The number of halogens is 4. The average molecular weight is 322 g/mol. The van der Waals surface area contributed by atoms with Gasteiger partial charge in [-0.05, 0) is 25.0 Å². The van der Waals surface area contributed by atoms with Crippen LogP contribution in [0.1, 0.15) is 18.4 Å². The Kier molecular flexibility index (Phi) is 3.75. The summed E-state index contributed by atoms with van der Waals surface area (Å²) in [6.07, 6.45) is -4.08. The number of amidine groups is 1. The lowest BCUT2D eigenvalue weighted by Gasteiger charge is -2.18. The molecular weight excluding hydrogens is 311 g/mol. The first-order valence-corrected chi connectivity index (χ1v) is 6.25. The normalized spacial score (nSPS) is 17.4. The smallest absolute Gasteiger partial charge is 0.409 e. The van der Waals surface area contributed by atoms with Gasteiger partial charge in [0.25, 0.3) is 0 Å². The summed E-state index contributed by atoms with van der Waals surface area (Å²) in [5.74, 6) is -1.11. The van der Waals surface area contributed by atoms with Gasteiger partial charge in [-0.3, -0.25) is 4.79 Å². The fourth-order valence-corrected chi connectivity index (χ4v) is 2.16. The Balaban J connectivity index is 2.35. The molecule has 0 saturated heterocycles. The van der Waals surface area contributed by atoms with Crippen LogP contribution >= 0.6 is 11.6 Å². The molecule has 1 fully saturated rings. The Morgan fingerprint density at radius 3 is 2.52 bits per heavy atom. The second-order valence-corrected chi connectivity index (χ2v) is 5.09. The molecule has 0 atom stereocenters. The van der Waals surface area contributed by atoms with E-state index in [1.807, 2.05) is 0 Å². The molecule has 0 bridgehead atoms. The fourth-order valence-electron chi connectivity index (χ4n) is 1.94. The minimum Gasteiger partial charge on any atom is -0.409 e. The van der Waals surface area contributed by atoms with Crippen LogP contribution in [-0.2, 0) is 11.0 Å². The number of alkyl halides is 3. The number of oxime groups is 1. The number of nitrogens with zero attached hydrogens (tertiary/aromatic N) is 1. The number of nitrogens with two attached hydrogens (primary N) is 1. The predicted octanol–water partition coefficient (Wildman–Crippen LogP) is 2.82. The molecule has 5 nitrogen and oxygen atoms in total. The maximum atomic E-state index is 12.9. The van der Waals surface area contributed by atoms with Gasteiger partial charge < -0.3 is 16.3 Å². The van der Waals surface area contributed by atoms with E-state index in [2.05, 4.69) is 10.5 Å². The minimum absolute atomic E-state index is 0.242. The zero-order valence-electron chi connectivity index (χ0n) is 10.5. The summed E-state index contributed by atoms with van der Waals surface area (Å²) in [5, 5.41) is 13.3. The summed E-state index contributed by atoms with van der Waals surface area (Å²) in [7, 11) is 0. The lowest BCUT2D eigenvalue weighted by molar-refractivity contribution is -0.137. The van der Waals surface area contributed by atoms with Crippen molar-refractivity contribution in [2.75, 3.05) is 5.32 Å². The van der Waals surface area contributed by atoms with Gasteiger partial charge in [-0.2, -0.15) is 13.2 Å². The number of para-hydroxylation sites is 1. The predicted molar refractivity (Wildman–Crippen MR) is 70.2 cm³/mol. The number of hydrogen-bond donors (Lipinski definition) is 3. The number of benzene rings is 1. The quantitative estimate of drug-likeness (QED) is 0.346. The van der Waals surface area contributed by atoms with E-state index in [-0.39, 0.29) is 10.9 Å². The molecule has 1 aliphatic carbocycles. The summed E-state index contributed by atoms with van der Waals surface area (Å²) in [4.78, 5) is 12.1. The van der Waals surface area contributed by atoms with Crippen LogP contribution in [0.4, 0.5) is 18.9 Å². The SMILES string of the molecule is N/C(=N/O)C1(C(=O)Nc2c(Cl)cccc2C(F)(F)F)CC1. The van der Waals surface area contributed by atoms with Crippen molar-refractivity contribution in [3.05, 3.63) is 28.8 Å². The highest BCUT2D eigenvalue weighted by molar-refractivity contribution is 6.34. The third-order valence-corrected chi connectivity index (χ3v) is 3.66. The van der Waals surface area contributed by atoms with E-state index in [1.165, 1.54) is 6.07 Å². The van der Waals surface area contributed by atoms with Gasteiger partial charge in [0.05, 0.1) is 16.3 Å². The summed E-state index contributed by atoms with van der Waals surface area (Å²) in [5.41, 5.74) is 2.56. The molecule has 0 aliphatic heterocycles. The number of hydrogen-bond acceptors (Lipinski definition) is 3. The largest absolute Gasteiger partial charge is 0.418 e. The van der Waals surface area contributed by atoms with Gasteiger partial charge in [-0.1, -0.05) is 22.8 Å². The molecule has 1 amide bonds.